The summed E-state index contributed by atoms with van der Waals surface area (Å²) in [5.74, 6) is 0.386. The first-order valence-electron chi connectivity index (χ1n) is 5.72. The predicted molar refractivity (Wildman–Crippen MR) is 71.2 cm³/mol. The van der Waals surface area contributed by atoms with Gasteiger partial charge in [0.25, 0.3) is 0 Å². The number of para-hydroxylation sites is 2. The molecule has 0 amide bonds. The molecule has 3 N–H and O–H groups in total. The van der Waals surface area contributed by atoms with Gasteiger partial charge in [-0.05, 0) is 36.4 Å². The van der Waals surface area contributed by atoms with E-state index in [4.69, 9.17) is 10.5 Å². The first-order valence-corrected chi connectivity index (χ1v) is 5.72. The molecule has 0 aliphatic rings. The number of benzene rings is 2. The molecule has 2 aromatic carbocycles. The van der Waals surface area contributed by atoms with Crippen molar-refractivity contribution in [3.8, 4) is 5.75 Å². The Balaban J connectivity index is 1.76. The zero-order valence-corrected chi connectivity index (χ0v) is 9.90. The zero-order chi connectivity index (χ0) is 12.8. The molecule has 0 spiro atoms. The first-order chi connectivity index (χ1) is 8.75. The topological polar surface area (TPSA) is 47.3 Å². The number of hydrogen-bond acceptors (Lipinski definition) is 3. The number of hydrogen-bond donors (Lipinski definition) is 2. The molecule has 2 rings (SSSR count). The average molecular weight is 246 g/mol. The van der Waals surface area contributed by atoms with E-state index in [1.165, 1.54) is 12.1 Å². The molecular formula is C14H15FN2O. The number of nitrogens with two attached hydrogens (primary N) is 1. The number of nitrogen functional groups attached to an aromatic ring is 1. The molecule has 0 saturated heterocycles. The van der Waals surface area contributed by atoms with Gasteiger partial charge in [0, 0.05) is 6.54 Å². The number of anilines is 2. The highest BCUT2D eigenvalue weighted by Gasteiger charge is 1.97. The molecule has 2 aromatic rings. The normalized spacial score (nSPS) is 10.1. The minimum absolute atomic E-state index is 0.266. The number of halogens is 1. The number of nitrogens with one attached hydrogen (secondary N) is 1. The van der Waals surface area contributed by atoms with E-state index in [2.05, 4.69) is 5.32 Å². The van der Waals surface area contributed by atoms with Crippen LogP contribution in [0.15, 0.2) is 48.5 Å². The van der Waals surface area contributed by atoms with Crippen molar-refractivity contribution in [2.45, 2.75) is 0 Å². The van der Waals surface area contributed by atoms with Crippen LogP contribution >= 0.6 is 0 Å². The Morgan fingerprint density at radius 3 is 2.50 bits per heavy atom. The fourth-order valence-corrected chi connectivity index (χ4v) is 1.54. The van der Waals surface area contributed by atoms with Gasteiger partial charge in [0.1, 0.15) is 18.2 Å². The SMILES string of the molecule is Nc1ccccc1NCCOc1ccc(F)cc1. The van der Waals surface area contributed by atoms with Crippen LogP contribution in [0.2, 0.25) is 0 Å². The third-order valence-electron chi connectivity index (χ3n) is 2.46. The molecular weight excluding hydrogens is 231 g/mol. The van der Waals surface area contributed by atoms with Gasteiger partial charge in [0.05, 0.1) is 11.4 Å². The molecule has 3 nitrogen and oxygen atoms in total. The Morgan fingerprint density at radius 2 is 1.78 bits per heavy atom. The second-order valence-corrected chi connectivity index (χ2v) is 3.82. The van der Waals surface area contributed by atoms with Crippen molar-refractivity contribution in [1.82, 2.24) is 0 Å². The summed E-state index contributed by atoms with van der Waals surface area (Å²) in [6, 6.07) is 13.5. The molecule has 0 fully saturated rings. The van der Waals surface area contributed by atoms with Crippen LogP contribution in [0.3, 0.4) is 0 Å². The predicted octanol–water partition coefficient (Wildman–Crippen LogP) is 2.90. The van der Waals surface area contributed by atoms with E-state index in [0.717, 1.165) is 5.69 Å². The van der Waals surface area contributed by atoms with Crippen LogP contribution in [0.1, 0.15) is 0 Å². The molecule has 0 heterocycles. The summed E-state index contributed by atoms with van der Waals surface area (Å²) in [5, 5.41) is 3.17. The van der Waals surface area contributed by atoms with Crippen LogP contribution in [0.5, 0.6) is 5.75 Å². The standard InChI is InChI=1S/C14H15FN2O/c15-11-5-7-12(8-6-11)18-10-9-17-14-4-2-1-3-13(14)16/h1-8,17H,9-10,16H2. The van der Waals surface area contributed by atoms with Gasteiger partial charge in [0.2, 0.25) is 0 Å². The Labute approximate surface area is 105 Å². The van der Waals surface area contributed by atoms with E-state index in [-0.39, 0.29) is 5.82 Å². The monoisotopic (exact) mass is 246 g/mol. The molecule has 0 aliphatic heterocycles. The van der Waals surface area contributed by atoms with E-state index in [1.807, 2.05) is 24.3 Å². The van der Waals surface area contributed by atoms with Crippen molar-refractivity contribution in [3.63, 3.8) is 0 Å². The first kappa shape index (κ1) is 12.2. The lowest BCUT2D eigenvalue weighted by molar-refractivity contribution is 0.332. The van der Waals surface area contributed by atoms with E-state index in [0.29, 0.717) is 24.6 Å². The van der Waals surface area contributed by atoms with Gasteiger partial charge in [-0.15, -0.1) is 0 Å². The third kappa shape index (κ3) is 3.38. The Kier molecular flexibility index (Phi) is 4.02. The highest BCUT2D eigenvalue weighted by atomic mass is 19.1. The molecule has 0 unspecified atom stereocenters. The lowest BCUT2D eigenvalue weighted by atomic mass is 10.3. The van der Waals surface area contributed by atoms with Gasteiger partial charge in [0.15, 0.2) is 0 Å². The molecule has 0 radical (unpaired) electrons. The largest absolute Gasteiger partial charge is 0.492 e. The Hall–Kier alpha value is -2.23. The van der Waals surface area contributed by atoms with Crippen molar-refractivity contribution in [2.75, 3.05) is 24.2 Å². The molecule has 0 bridgehead atoms. The third-order valence-corrected chi connectivity index (χ3v) is 2.46. The van der Waals surface area contributed by atoms with Crippen LogP contribution in [0.4, 0.5) is 15.8 Å². The second kappa shape index (κ2) is 5.91. The summed E-state index contributed by atoms with van der Waals surface area (Å²) < 4.78 is 18.1. The maximum atomic E-state index is 12.7. The fraction of sp³-hybridized carbons (Fsp3) is 0.143. The van der Waals surface area contributed by atoms with Crippen molar-refractivity contribution < 1.29 is 9.13 Å². The van der Waals surface area contributed by atoms with Gasteiger partial charge in [-0.2, -0.15) is 0 Å². The van der Waals surface area contributed by atoms with Crippen LogP contribution in [-0.2, 0) is 0 Å². The molecule has 94 valence electrons. The number of ether oxygens (including phenoxy) is 1. The van der Waals surface area contributed by atoms with Crippen LogP contribution < -0.4 is 15.8 Å². The van der Waals surface area contributed by atoms with Crippen LogP contribution in [-0.4, -0.2) is 13.2 Å². The summed E-state index contributed by atoms with van der Waals surface area (Å²) in [4.78, 5) is 0. The number of rotatable bonds is 5. The summed E-state index contributed by atoms with van der Waals surface area (Å²) >= 11 is 0. The van der Waals surface area contributed by atoms with Crippen molar-refractivity contribution in [1.29, 1.82) is 0 Å². The van der Waals surface area contributed by atoms with Gasteiger partial charge in [-0.25, -0.2) is 4.39 Å². The Bertz CT molecular complexity index is 499. The van der Waals surface area contributed by atoms with Crippen molar-refractivity contribution >= 4 is 11.4 Å². The molecule has 0 saturated carbocycles. The smallest absolute Gasteiger partial charge is 0.123 e. The summed E-state index contributed by atoms with van der Waals surface area (Å²) in [7, 11) is 0. The lowest BCUT2D eigenvalue weighted by Gasteiger charge is -2.10. The minimum Gasteiger partial charge on any atom is -0.492 e. The average Bonchev–Trinajstić information content (AvgIpc) is 2.39. The van der Waals surface area contributed by atoms with Crippen LogP contribution in [0, 0.1) is 5.82 Å². The van der Waals surface area contributed by atoms with Crippen LogP contribution in [0.25, 0.3) is 0 Å². The second-order valence-electron chi connectivity index (χ2n) is 3.82. The van der Waals surface area contributed by atoms with E-state index in [1.54, 1.807) is 12.1 Å². The molecule has 0 aliphatic carbocycles. The van der Waals surface area contributed by atoms with Gasteiger partial charge < -0.3 is 15.8 Å². The van der Waals surface area contributed by atoms with E-state index < -0.39 is 0 Å². The Morgan fingerprint density at radius 1 is 1.06 bits per heavy atom. The highest BCUT2D eigenvalue weighted by molar-refractivity contribution is 5.65. The maximum absolute atomic E-state index is 12.7. The van der Waals surface area contributed by atoms with Gasteiger partial charge in [-0.3, -0.25) is 0 Å². The van der Waals surface area contributed by atoms with Gasteiger partial charge in [-0.1, -0.05) is 12.1 Å². The van der Waals surface area contributed by atoms with Gasteiger partial charge >= 0.3 is 0 Å². The molecule has 0 aromatic heterocycles. The summed E-state index contributed by atoms with van der Waals surface area (Å²) in [5.41, 5.74) is 7.38. The quantitative estimate of drug-likeness (QED) is 0.630. The van der Waals surface area contributed by atoms with E-state index >= 15 is 0 Å². The molecule has 0 atom stereocenters. The lowest BCUT2D eigenvalue weighted by Crippen LogP contribution is -2.12. The summed E-state index contributed by atoms with van der Waals surface area (Å²) in [6.07, 6.45) is 0. The minimum atomic E-state index is -0.266. The van der Waals surface area contributed by atoms with Crippen molar-refractivity contribution in [2.24, 2.45) is 0 Å². The summed E-state index contributed by atoms with van der Waals surface area (Å²) in [6.45, 7) is 1.12. The highest BCUT2D eigenvalue weighted by Crippen LogP contribution is 2.16. The molecule has 4 heteroatoms. The van der Waals surface area contributed by atoms with E-state index in [9.17, 15) is 4.39 Å². The maximum Gasteiger partial charge on any atom is 0.123 e. The molecule has 18 heavy (non-hydrogen) atoms. The zero-order valence-electron chi connectivity index (χ0n) is 9.90. The van der Waals surface area contributed by atoms with Crippen molar-refractivity contribution in [3.05, 3.63) is 54.3 Å². The fourth-order valence-electron chi connectivity index (χ4n) is 1.54.